The topological polar surface area (TPSA) is 12.0 Å². The van der Waals surface area contributed by atoms with Crippen molar-refractivity contribution in [1.29, 1.82) is 0 Å². The Morgan fingerprint density at radius 1 is 1.21 bits per heavy atom. The molecule has 1 aromatic rings. The van der Waals surface area contributed by atoms with Gasteiger partial charge in [0.15, 0.2) is 0 Å². The zero-order chi connectivity index (χ0) is 10.4. The summed E-state index contributed by atoms with van der Waals surface area (Å²) in [5.74, 6) is 0. The predicted molar refractivity (Wildman–Crippen MR) is 62.8 cm³/mol. The van der Waals surface area contributed by atoms with Crippen LogP contribution in [0.15, 0.2) is 18.2 Å². The van der Waals surface area contributed by atoms with E-state index in [1.54, 1.807) is 0 Å². The number of benzene rings is 1. The minimum atomic E-state index is 0.829. The van der Waals surface area contributed by atoms with Crippen LogP contribution in [0.5, 0.6) is 0 Å². The number of aryl methyl sites for hydroxylation is 1. The molecule has 0 aliphatic rings. The van der Waals surface area contributed by atoms with Crippen LogP contribution in [0, 0.1) is 0 Å². The molecular weight excluding hydrogens is 194 g/mol. The molecule has 0 saturated carbocycles. The van der Waals surface area contributed by atoms with Crippen molar-refractivity contribution in [2.45, 2.75) is 33.2 Å². The van der Waals surface area contributed by atoms with E-state index in [9.17, 15) is 0 Å². The molecule has 2 heteroatoms. The molecule has 0 aliphatic carbocycles. The third kappa shape index (κ3) is 3.32. The molecule has 78 valence electrons. The first-order valence-corrected chi connectivity index (χ1v) is 5.63. The number of halogens is 1. The van der Waals surface area contributed by atoms with Crippen LogP contribution >= 0.6 is 11.6 Å². The summed E-state index contributed by atoms with van der Waals surface area (Å²) in [6, 6.07) is 6.14. The second-order valence-corrected chi connectivity index (χ2v) is 3.88. The van der Waals surface area contributed by atoms with Gasteiger partial charge in [-0.15, -0.1) is 0 Å². The van der Waals surface area contributed by atoms with E-state index in [1.807, 2.05) is 6.07 Å². The lowest BCUT2D eigenvalue weighted by atomic mass is 10.1. The number of nitrogens with one attached hydrogen (secondary N) is 1. The van der Waals surface area contributed by atoms with Gasteiger partial charge >= 0.3 is 0 Å². The van der Waals surface area contributed by atoms with Crippen LogP contribution in [-0.2, 0) is 13.0 Å². The summed E-state index contributed by atoms with van der Waals surface area (Å²) >= 11 is 5.96. The minimum Gasteiger partial charge on any atom is -0.313 e. The van der Waals surface area contributed by atoms with E-state index in [1.165, 1.54) is 17.5 Å². The van der Waals surface area contributed by atoms with E-state index in [0.717, 1.165) is 24.5 Å². The molecule has 0 spiro atoms. The fraction of sp³-hybridized carbons (Fsp3) is 0.500. The van der Waals surface area contributed by atoms with Crippen molar-refractivity contribution in [3.63, 3.8) is 0 Å². The smallest absolute Gasteiger partial charge is 0.0409 e. The quantitative estimate of drug-likeness (QED) is 0.737. The Labute approximate surface area is 91.5 Å². The van der Waals surface area contributed by atoms with Crippen LogP contribution in [-0.4, -0.2) is 6.54 Å². The molecule has 0 aliphatic heterocycles. The van der Waals surface area contributed by atoms with Crippen LogP contribution in [0.2, 0.25) is 5.02 Å². The van der Waals surface area contributed by atoms with Gasteiger partial charge in [0.2, 0.25) is 0 Å². The first-order valence-electron chi connectivity index (χ1n) is 5.26. The minimum absolute atomic E-state index is 0.829. The Balaban J connectivity index is 2.67. The van der Waals surface area contributed by atoms with Crippen molar-refractivity contribution >= 4 is 11.6 Å². The highest BCUT2D eigenvalue weighted by Gasteiger charge is 2.00. The SMILES string of the molecule is CCCNCc1cc(Cl)ccc1CC. The number of hydrogen-bond acceptors (Lipinski definition) is 1. The third-order valence-corrected chi connectivity index (χ3v) is 2.53. The fourth-order valence-corrected chi connectivity index (χ4v) is 1.70. The van der Waals surface area contributed by atoms with Gasteiger partial charge in [0.1, 0.15) is 0 Å². The largest absolute Gasteiger partial charge is 0.313 e. The summed E-state index contributed by atoms with van der Waals surface area (Å²) < 4.78 is 0. The predicted octanol–water partition coefficient (Wildman–Crippen LogP) is 3.40. The van der Waals surface area contributed by atoms with Crippen LogP contribution in [0.1, 0.15) is 31.4 Å². The average Bonchev–Trinajstić information content (AvgIpc) is 2.19. The monoisotopic (exact) mass is 211 g/mol. The molecule has 0 fully saturated rings. The Bertz CT molecular complexity index is 284. The van der Waals surface area contributed by atoms with E-state index < -0.39 is 0 Å². The van der Waals surface area contributed by atoms with E-state index in [2.05, 4.69) is 31.3 Å². The molecule has 0 bridgehead atoms. The highest BCUT2D eigenvalue weighted by molar-refractivity contribution is 6.30. The molecule has 0 saturated heterocycles. The number of hydrogen-bond donors (Lipinski definition) is 1. The van der Waals surface area contributed by atoms with Crippen LogP contribution in [0.25, 0.3) is 0 Å². The highest BCUT2D eigenvalue weighted by atomic mass is 35.5. The first-order chi connectivity index (χ1) is 6.77. The maximum absolute atomic E-state index is 5.96. The molecule has 0 amide bonds. The van der Waals surface area contributed by atoms with E-state index >= 15 is 0 Å². The summed E-state index contributed by atoms with van der Waals surface area (Å²) in [5, 5.41) is 4.22. The van der Waals surface area contributed by atoms with Crippen LogP contribution in [0.4, 0.5) is 0 Å². The molecule has 14 heavy (non-hydrogen) atoms. The van der Waals surface area contributed by atoms with Gasteiger partial charge in [-0.3, -0.25) is 0 Å². The molecule has 1 N–H and O–H groups in total. The molecule has 1 nitrogen and oxygen atoms in total. The van der Waals surface area contributed by atoms with E-state index in [-0.39, 0.29) is 0 Å². The first kappa shape index (κ1) is 11.5. The molecule has 1 rings (SSSR count). The second-order valence-electron chi connectivity index (χ2n) is 3.44. The molecule has 0 atom stereocenters. The molecule has 0 heterocycles. The Morgan fingerprint density at radius 2 is 2.00 bits per heavy atom. The lowest BCUT2D eigenvalue weighted by Gasteiger charge is -2.09. The third-order valence-electron chi connectivity index (χ3n) is 2.29. The summed E-state index contributed by atoms with van der Waals surface area (Å²) in [6.07, 6.45) is 2.24. The van der Waals surface area contributed by atoms with Crippen molar-refractivity contribution < 1.29 is 0 Å². The van der Waals surface area contributed by atoms with Gasteiger partial charge < -0.3 is 5.32 Å². The van der Waals surface area contributed by atoms with Gasteiger partial charge in [0.05, 0.1) is 0 Å². The van der Waals surface area contributed by atoms with Crippen molar-refractivity contribution in [2.75, 3.05) is 6.54 Å². The van der Waals surface area contributed by atoms with Crippen molar-refractivity contribution in [3.8, 4) is 0 Å². The summed E-state index contributed by atoms with van der Waals surface area (Å²) in [5.41, 5.74) is 2.71. The Morgan fingerprint density at radius 3 is 2.64 bits per heavy atom. The molecule has 0 unspecified atom stereocenters. The fourth-order valence-electron chi connectivity index (χ4n) is 1.50. The van der Waals surface area contributed by atoms with Crippen LogP contribution < -0.4 is 5.32 Å². The zero-order valence-corrected chi connectivity index (χ0v) is 9.69. The lowest BCUT2D eigenvalue weighted by molar-refractivity contribution is 0.671. The Hall–Kier alpha value is -0.530. The lowest BCUT2D eigenvalue weighted by Crippen LogP contribution is -2.14. The molecule has 0 aromatic heterocycles. The molecular formula is C12H18ClN. The summed E-state index contributed by atoms with van der Waals surface area (Å²) in [4.78, 5) is 0. The van der Waals surface area contributed by atoms with Crippen molar-refractivity contribution in [1.82, 2.24) is 5.32 Å². The molecule has 1 aromatic carbocycles. The Kier molecular flexibility index (Phi) is 4.99. The van der Waals surface area contributed by atoms with Gasteiger partial charge in [-0.05, 0) is 42.6 Å². The van der Waals surface area contributed by atoms with E-state index in [0.29, 0.717) is 0 Å². The average molecular weight is 212 g/mol. The normalized spacial score (nSPS) is 10.5. The van der Waals surface area contributed by atoms with Gasteiger partial charge in [0.25, 0.3) is 0 Å². The molecule has 0 radical (unpaired) electrons. The van der Waals surface area contributed by atoms with Gasteiger partial charge in [-0.1, -0.05) is 31.5 Å². The van der Waals surface area contributed by atoms with Gasteiger partial charge in [-0.2, -0.15) is 0 Å². The van der Waals surface area contributed by atoms with E-state index in [4.69, 9.17) is 11.6 Å². The highest BCUT2D eigenvalue weighted by Crippen LogP contribution is 2.16. The maximum Gasteiger partial charge on any atom is 0.0409 e. The van der Waals surface area contributed by atoms with Crippen LogP contribution in [0.3, 0.4) is 0 Å². The maximum atomic E-state index is 5.96. The van der Waals surface area contributed by atoms with Crippen molar-refractivity contribution in [2.24, 2.45) is 0 Å². The van der Waals surface area contributed by atoms with Gasteiger partial charge in [-0.25, -0.2) is 0 Å². The number of rotatable bonds is 5. The van der Waals surface area contributed by atoms with Gasteiger partial charge in [0, 0.05) is 11.6 Å². The zero-order valence-electron chi connectivity index (χ0n) is 8.94. The van der Waals surface area contributed by atoms with Crippen molar-refractivity contribution in [3.05, 3.63) is 34.3 Å². The second kappa shape index (κ2) is 6.05. The summed E-state index contributed by atoms with van der Waals surface area (Å²) in [6.45, 7) is 6.34. The standard InChI is InChI=1S/C12H18ClN/c1-3-7-14-9-11-8-12(13)6-5-10(11)4-2/h5-6,8,14H,3-4,7,9H2,1-2H3. The summed E-state index contributed by atoms with van der Waals surface area (Å²) in [7, 11) is 0.